The first-order chi connectivity index (χ1) is 11.9. The molecular formula is C18H24F2N2O2S. The van der Waals surface area contributed by atoms with E-state index in [1.807, 2.05) is 0 Å². The monoisotopic (exact) mass is 370 g/mol. The molecule has 0 aromatic carbocycles. The minimum Gasteiger partial charge on any atom is -0.376 e. The molecule has 7 heteroatoms. The van der Waals surface area contributed by atoms with E-state index in [0.717, 1.165) is 19.6 Å². The average Bonchev–Trinajstić information content (AvgIpc) is 3.20. The number of nitrogens with one attached hydrogen (secondary N) is 1. The minimum absolute atomic E-state index is 0.224. The van der Waals surface area contributed by atoms with Crippen LogP contribution in [0.2, 0.25) is 0 Å². The summed E-state index contributed by atoms with van der Waals surface area (Å²) in [6.45, 7) is 6.19. The van der Waals surface area contributed by atoms with Gasteiger partial charge in [0.2, 0.25) is 11.8 Å². The molecule has 0 radical (unpaired) electrons. The van der Waals surface area contributed by atoms with E-state index in [9.17, 15) is 13.6 Å². The number of hydrogen-bond donors (Lipinski definition) is 1. The second-order valence-corrected chi connectivity index (χ2v) is 8.72. The summed E-state index contributed by atoms with van der Waals surface area (Å²) in [5.41, 5.74) is 1.34. The van der Waals surface area contributed by atoms with Gasteiger partial charge in [0, 0.05) is 61.7 Å². The molecule has 4 rings (SSSR count). The van der Waals surface area contributed by atoms with Gasteiger partial charge in [0.15, 0.2) is 0 Å². The van der Waals surface area contributed by atoms with Crippen molar-refractivity contribution in [3.05, 3.63) is 21.9 Å². The molecule has 0 bridgehead atoms. The molecule has 1 saturated carbocycles. The number of carbonyl (C=O) groups excluding carboxylic acids is 1. The Morgan fingerprint density at radius 3 is 2.92 bits per heavy atom. The molecule has 1 aromatic rings. The van der Waals surface area contributed by atoms with Crippen LogP contribution in [0.3, 0.4) is 0 Å². The molecule has 3 heterocycles. The fraction of sp³-hybridized carbons (Fsp3) is 0.722. The number of alkyl halides is 2. The topological polar surface area (TPSA) is 41.6 Å². The van der Waals surface area contributed by atoms with Gasteiger partial charge in [-0.1, -0.05) is 0 Å². The van der Waals surface area contributed by atoms with Crippen LogP contribution in [0.25, 0.3) is 0 Å². The van der Waals surface area contributed by atoms with Gasteiger partial charge >= 0.3 is 0 Å². The molecule has 2 saturated heterocycles. The molecule has 1 amide bonds. The third-order valence-corrected chi connectivity index (χ3v) is 6.86. The lowest BCUT2D eigenvalue weighted by Crippen LogP contribution is -2.46. The molecule has 4 nitrogen and oxygen atoms in total. The van der Waals surface area contributed by atoms with Gasteiger partial charge in [-0.3, -0.25) is 9.69 Å². The van der Waals surface area contributed by atoms with Crippen molar-refractivity contribution in [1.82, 2.24) is 10.2 Å². The Morgan fingerprint density at radius 2 is 2.24 bits per heavy atom. The van der Waals surface area contributed by atoms with Crippen molar-refractivity contribution in [2.24, 2.45) is 17.8 Å². The Morgan fingerprint density at radius 1 is 1.44 bits per heavy atom. The number of hydrogen-bond acceptors (Lipinski definition) is 4. The molecule has 25 heavy (non-hydrogen) atoms. The molecule has 1 aliphatic carbocycles. The van der Waals surface area contributed by atoms with Crippen LogP contribution in [0.15, 0.2) is 11.4 Å². The van der Waals surface area contributed by atoms with Crippen LogP contribution in [0.5, 0.6) is 0 Å². The van der Waals surface area contributed by atoms with Crippen LogP contribution in [-0.4, -0.2) is 49.1 Å². The zero-order valence-corrected chi connectivity index (χ0v) is 15.2. The van der Waals surface area contributed by atoms with Gasteiger partial charge in [-0.2, -0.15) is 0 Å². The normalized spacial score (nSPS) is 31.7. The highest BCUT2D eigenvalue weighted by molar-refractivity contribution is 7.10. The van der Waals surface area contributed by atoms with Crippen molar-refractivity contribution in [2.45, 2.75) is 38.3 Å². The fourth-order valence-corrected chi connectivity index (χ4v) is 5.16. The molecule has 0 unspecified atom stereocenters. The van der Waals surface area contributed by atoms with Crippen LogP contribution in [0, 0.1) is 24.7 Å². The SMILES string of the molecule is Cc1ccsc1CN1C[C@@H]2[C@@H](CNC(=O)C3CC(F)(F)C3)CO[C@@H]2C1. The van der Waals surface area contributed by atoms with E-state index in [1.54, 1.807) is 11.3 Å². The van der Waals surface area contributed by atoms with E-state index >= 15 is 0 Å². The van der Waals surface area contributed by atoms with Gasteiger partial charge in [-0.05, 0) is 23.9 Å². The Kier molecular flexibility index (Phi) is 4.58. The predicted octanol–water partition coefficient (Wildman–Crippen LogP) is 2.66. The molecule has 1 N–H and O–H groups in total. The summed E-state index contributed by atoms with van der Waals surface area (Å²) >= 11 is 1.79. The van der Waals surface area contributed by atoms with Gasteiger partial charge in [0.25, 0.3) is 0 Å². The maximum Gasteiger partial charge on any atom is 0.249 e. The van der Waals surface area contributed by atoms with Crippen molar-refractivity contribution in [3.8, 4) is 0 Å². The number of ether oxygens (including phenoxy) is 1. The zero-order chi connectivity index (χ0) is 17.6. The predicted molar refractivity (Wildman–Crippen MR) is 91.7 cm³/mol. The number of halogens is 2. The third-order valence-electron chi connectivity index (χ3n) is 5.85. The van der Waals surface area contributed by atoms with Crippen LogP contribution < -0.4 is 5.32 Å². The molecule has 2 aliphatic heterocycles. The fourth-order valence-electron chi connectivity index (χ4n) is 4.21. The summed E-state index contributed by atoms with van der Waals surface area (Å²) in [6, 6.07) is 2.15. The van der Waals surface area contributed by atoms with Crippen molar-refractivity contribution in [3.63, 3.8) is 0 Å². The molecule has 3 atom stereocenters. The lowest BCUT2D eigenvalue weighted by molar-refractivity contribution is -0.150. The molecule has 1 aromatic heterocycles. The molecule has 3 fully saturated rings. The number of fused-ring (bicyclic) bond motifs is 1. The van der Waals surface area contributed by atoms with Crippen molar-refractivity contribution in [2.75, 3.05) is 26.2 Å². The van der Waals surface area contributed by atoms with Crippen LogP contribution in [-0.2, 0) is 16.1 Å². The standard InChI is InChI=1S/C18H24F2N2O2S/c1-11-2-3-25-16(11)9-22-7-14-13(10-24-15(14)8-22)6-21-17(23)12-4-18(19,20)5-12/h2-3,12-15H,4-10H2,1H3,(H,21,23)/t13-,14+,15+/m0/s1. The average molecular weight is 370 g/mol. The number of thiophene rings is 1. The van der Waals surface area contributed by atoms with Crippen LogP contribution in [0.1, 0.15) is 23.3 Å². The second kappa shape index (κ2) is 6.59. The summed E-state index contributed by atoms with van der Waals surface area (Å²) in [4.78, 5) is 15.8. The van der Waals surface area contributed by atoms with E-state index in [0.29, 0.717) is 19.1 Å². The van der Waals surface area contributed by atoms with Crippen molar-refractivity contribution in [1.29, 1.82) is 0 Å². The maximum absolute atomic E-state index is 12.9. The summed E-state index contributed by atoms with van der Waals surface area (Å²) < 4.78 is 31.7. The second-order valence-electron chi connectivity index (χ2n) is 7.72. The van der Waals surface area contributed by atoms with Crippen molar-refractivity contribution < 1.29 is 18.3 Å². The highest BCUT2D eigenvalue weighted by Crippen LogP contribution is 2.42. The summed E-state index contributed by atoms with van der Waals surface area (Å²) in [5, 5.41) is 5.00. The lowest BCUT2D eigenvalue weighted by Gasteiger charge is -2.34. The van der Waals surface area contributed by atoms with E-state index < -0.39 is 11.8 Å². The summed E-state index contributed by atoms with van der Waals surface area (Å²) in [7, 11) is 0. The Labute approximate surface area is 150 Å². The van der Waals surface area contributed by atoms with Crippen molar-refractivity contribution >= 4 is 17.2 Å². The van der Waals surface area contributed by atoms with Gasteiger partial charge in [-0.25, -0.2) is 8.78 Å². The first-order valence-corrected chi connectivity index (χ1v) is 9.82. The smallest absolute Gasteiger partial charge is 0.249 e. The number of nitrogens with zero attached hydrogens (tertiary/aromatic N) is 1. The van der Waals surface area contributed by atoms with E-state index in [4.69, 9.17) is 4.74 Å². The lowest BCUT2D eigenvalue weighted by atomic mass is 9.80. The number of amides is 1. The Balaban J connectivity index is 1.26. The van der Waals surface area contributed by atoms with Crippen LogP contribution >= 0.6 is 11.3 Å². The van der Waals surface area contributed by atoms with Gasteiger partial charge in [0.1, 0.15) is 0 Å². The Bertz CT molecular complexity index is 643. The van der Waals surface area contributed by atoms with Gasteiger partial charge < -0.3 is 10.1 Å². The first kappa shape index (κ1) is 17.4. The Hall–Kier alpha value is -1.05. The number of aryl methyl sites for hydroxylation is 1. The quantitative estimate of drug-likeness (QED) is 0.866. The summed E-state index contributed by atoms with van der Waals surface area (Å²) in [6.07, 6.45) is -0.379. The van der Waals surface area contributed by atoms with E-state index in [2.05, 4.69) is 28.6 Å². The molecule has 0 spiro atoms. The van der Waals surface area contributed by atoms with Gasteiger partial charge in [0.05, 0.1) is 12.7 Å². The first-order valence-electron chi connectivity index (χ1n) is 8.94. The largest absolute Gasteiger partial charge is 0.376 e. The molecule has 138 valence electrons. The molecular weight excluding hydrogens is 346 g/mol. The number of rotatable bonds is 5. The summed E-state index contributed by atoms with van der Waals surface area (Å²) in [5.74, 6) is -2.68. The highest BCUT2D eigenvalue weighted by Gasteiger charge is 2.49. The maximum atomic E-state index is 12.9. The minimum atomic E-state index is -2.64. The van der Waals surface area contributed by atoms with E-state index in [1.165, 1.54) is 10.4 Å². The number of likely N-dealkylation sites (tertiary alicyclic amines) is 1. The van der Waals surface area contributed by atoms with Crippen LogP contribution in [0.4, 0.5) is 8.78 Å². The highest BCUT2D eigenvalue weighted by atomic mass is 32.1. The molecule has 3 aliphatic rings. The zero-order valence-electron chi connectivity index (χ0n) is 14.3. The van der Waals surface area contributed by atoms with Gasteiger partial charge in [-0.15, -0.1) is 11.3 Å². The number of carbonyl (C=O) groups is 1. The third kappa shape index (κ3) is 3.59. The van der Waals surface area contributed by atoms with E-state index in [-0.39, 0.29) is 30.8 Å².